The maximum absolute atomic E-state index is 12.5. The van der Waals surface area contributed by atoms with E-state index in [4.69, 9.17) is 27.9 Å². The number of rotatable bonds is 5. The van der Waals surface area contributed by atoms with Crippen LogP contribution in [0.4, 0.5) is 11.4 Å². The molecule has 0 aliphatic rings. The molecule has 3 rings (SSSR count). The molecule has 0 heterocycles. The fourth-order valence-corrected chi connectivity index (χ4v) is 3.36. The van der Waals surface area contributed by atoms with Crippen molar-refractivity contribution in [3.05, 3.63) is 87.4 Å². The maximum atomic E-state index is 12.5. The second-order valence-electron chi connectivity index (χ2n) is 6.33. The summed E-state index contributed by atoms with van der Waals surface area (Å²) >= 11 is 12.2. The SMILES string of the molecule is COc1c(Cl)cc(C(=O)Nc2ccc(NC(=O)c3cccc(C)c3)cc2)cc1Cl. The normalized spacial score (nSPS) is 10.3. The second kappa shape index (κ2) is 8.99. The summed E-state index contributed by atoms with van der Waals surface area (Å²) in [5.74, 6) is -0.250. The molecule has 0 fully saturated rings. The smallest absolute Gasteiger partial charge is 0.255 e. The summed E-state index contributed by atoms with van der Waals surface area (Å²) in [4.78, 5) is 24.8. The van der Waals surface area contributed by atoms with Gasteiger partial charge in [-0.1, -0.05) is 40.9 Å². The molecule has 0 aliphatic carbocycles. The molecule has 2 amide bonds. The van der Waals surface area contributed by atoms with Crippen LogP contribution in [0.1, 0.15) is 26.3 Å². The number of carbonyl (C=O) groups is 2. The Bertz CT molecular complexity index is 1040. The fraction of sp³-hybridized carbons (Fsp3) is 0.0909. The van der Waals surface area contributed by atoms with Crippen molar-refractivity contribution in [1.29, 1.82) is 0 Å². The Labute approximate surface area is 178 Å². The third-order valence-corrected chi connectivity index (χ3v) is 4.71. The van der Waals surface area contributed by atoms with Gasteiger partial charge < -0.3 is 15.4 Å². The van der Waals surface area contributed by atoms with Crippen LogP contribution in [-0.2, 0) is 0 Å². The number of halogens is 2. The number of hydrogen-bond acceptors (Lipinski definition) is 3. The number of amides is 2. The number of benzene rings is 3. The molecule has 0 unspecified atom stereocenters. The molecule has 0 atom stereocenters. The van der Waals surface area contributed by atoms with Gasteiger partial charge in [0, 0.05) is 22.5 Å². The van der Waals surface area contributed by atoms with E-state index in [0.717, 1.165) is 5.56 Å². The molecule has 0 aliphatic heterocycles. The number of nitrogens with one attached hydrogen (secondary N) is 2. The molecule has 7 heteroatoms. The minimum absolute atomic E-state index is 0.201. The molecule has 0 spiro atoms. The van der Waals surface area contributed by atoms with Crippen LogP contribution in [0.3, 0.4) is 0 Å². The summed E-state index contributed by atoms with van der Waals surface area (Å²) in [6, 6.07) is 17.1. The van der Waals surface area contributed by atoms with Gasteiger partial charge in [-0.3, -0.25) is 9.59 Å². The van der Waals surface area contributed by atoms with Gasteiger partial charge in [0.15, 0.2) is 5.75 Å². The average molecular weight is 429 g/mol. The van der Waals surface area contributed by atoms with E-state index in [1.807, 2.05) is 25.1 Å². The van der Waals surface area contributed by atoms with Crippen LogP contribution in [0.2, 0.25) is 10.0 Å². The lowest BCUT2D eigenvalue weighted by Gasteiger charge is -2.10. The molecular formula is C22H18Cl2N2O3. The van der Waals surface area contributed by atoms with Crippen molar-refractivity contribution in [2.75, 3.05) is 17.7 Å². The first-order chi connectivity index (χ1) is 13.9. The van der Waals surface area contributed by atoms with Gasteiger partial charge >= 0.3 is 0 Å². The highest BCUT2D eigenvalue weighted by Gasteiger charge is 2.14. The number of anilines is 2. The highest BCUT2D eigenvalue weighted by atomic mass is 35.5. The van der Waals surface area contributed by atoms with Crippen molar-refractivity contribution in [3.8, 4) is 5.75 Å². The van der Waals surface area contributed by atoms with Gasteiger partial charge in [0.2, 0.25) is 0 Å². The van der Waals surface area contributed by atoms with Crippen molar-refractivity contribution in [3.63, 3.8) is 0 Å². The summed E-state index contributed by atoms with van der Waals surface area (Å²) in [6.45, 7) is 1.93. The number of hydrogen-bond donors (Lipinski definition) is 2. The Kier molecular flexibility index (Phi) is 6.42. The maximum Gasteiger partial charge on any atom is 0.255 e. The average Bonchev–Trinajstić information content (AvgIpc) is 2.69. The lowest BCUT2D eigenvalue weighted by Crippen LogP contribution is -2.13. The Morgan fingerprint density at radius 3 is 1.79 bits per heavy atom. The van der Waals surface area contributed by atoms with Gasteiger partial charge in [-0.05, 0) is 55.5 Å². The zero-order valence-electron chi connectivity index (χ0n) is 15.8. The van der Waals surface area contributed by atoms with Gasteiger partial charge in [-0.25, -0.2) is 0 Å². The van der Waals surface area contributed by atoms with Crippen LogP contribution in [0, 0.1) is 6.92 Å². The molecule has 0 bridgehead atoms. The van der Waals surface area contributed by atoms with Crippen LogP contribution >= 0.6 is 23.2 Å². The summed E-state index contributed by atoms with van der Waals surface area (Å²) in [5, 5.41) is 6.08. The zero-order chi connectivity index (χ0) is 21.0. The Morgan fingerprint density at radius 1 is 0.793 bits per heavy atom. The molecule has 0 saturated carbocycles. The first kappa shape index (κ1) is 20.7. The van der Waals surface area contributed by atoms with Crippen LogP contribution in [0.25, 0.3) is 0 Å². The summed E-state index contributed by atoms with van der Waals surface area (Å²) in [5.41, 5.74) is 3.07. The standard InChI is InChI=1S/C22H18Cl2N2O3/c1-13-4-3-5-14(10-13)21(27)25-16-6-8-17(9-7-16)26-22(28)15-11-18(23)20(29-2)19(24)12-15/h3-12H,1-2H3,(H,25,27)(H,26,28). The van der Waals surface area contributed by atoms with E-state index in [1.54, 1.807) is 30.3 Å². The third-order valence-electron chi connectivity index (χ3n) is 4.15. The Morgan fingerprint density at radius 2 is 1.31 bits per heavy atom. The second-order valence-corrected chi connectivity index (χ2v) is 7.14. The van der Waals surface area contributed by atoms with E-state index in [0.29, 0.717) is 28.3 Å². The Hall–Kier alpha value is -3.02. The molecule has 0 radical (unpaired) electrons. The monoisotopic (exact) mass is 428 g/mol. The largest absolute Gasteiger partial charge is 0.494 e. The predicted molar refractivity (Wildman–Crippen MR) is 117 cm³/mol. The number of methoxy groups -OCH3 is 1. The summed E-state index contributed by atoms with van der Waals surface area (Å²) in [6.07, 6.45) is 0. The van der Waals surface area contributed by atoms with Crippen LogP contribution < -0.4 is 15.4 Å². The van der Waals surface area contributed by atoms with Crippen molar-refractivity contribution in [1.82, 2.24) is 0 Å². The van der Waals surface area contributed by atoms with Crippen molar-refractivity contribution in [2.45, 2.75) is 6.92 Å². The predicted octanol–water partition coefficient (Wildman–Crippen LogP) is 5.82. The molecule has 148 valence electrons. The topological polar surface area (TPSA) is 67.4 Å². The molecule has 3 aromatic rings. The molecule has 29 heavy (non-hydrogen) atoms. The van der Waals surface area contributed by atoms with E-state index in [-0.39, 0.29) is 21.9 Å². The van der Waals surface area contributed by atoms with Crippen molar-refractivity contribution >= 4 is 46.4 Å². The van der Waals surface area contributed by atoms with Gasteiger partial charge in [-0.2, -0.15) is 0 Å². The third kappa shape index (κ3) is 5.08. The van der Waals surface area contributed by atoms with Crippen molar-refractivity contribution < 1.29 is 14.3 Å². The number of aryl methyl sites for hydroxylation is 1. The summed E-state index contributed by atoms with van der Waals surface area (Å²) in [7, 11) is 1.45. The highest BCUT2D eigenvalue weighted by Crippen LogP contribution is 2.34. The first-order valence-corrected chi connectivity index (χ1v) is 9.45. The van der Waals surface area contributed by atoms with Gasteiger partial charge in [-0.15, -0.1) is 0 Å². The summed E-state index contributed by atoms with van der Waals surface area (Å²) < 4.78 is 5.08. The van der Waals surface area contributed by atoms with Gasteiger partial charge in [0.05, 0.1) is 17.2 Å². The molecule has 5 nitrogen and oxygen atoms in total. The number of carbonyl (C=O) groups excluding carboxylic acids is 2. The van der Waals surface area contributed by atoms with Gasteiger partial charge in [0.1, 0.15) is 0 Å². The quantitative estimate of drug-likeness (QED) is 0.538. The lowest BCUT2D eigenvalue weighted by molar-refractivity contribution is 0.101. The van der Waals surface area contributed by atoms with E-state index < -0.39 is 0 Å². The van der Waals surface area contributed by atoms with Gasteiger partial charge in [0.25, 0.3) is 11.8 Å². The number of ether oxygens (including phenoxy) is 1. The van der Waals surface area contributed by atoms with E-state index in [2.05, 4.69) is 10.6 Å². The molecular weight excluding hydrogens is 411 g/mol. The molecule has 2 N–H and O–H groups in total. The minimum atomic E-state index is -0.368. The van der Waals surface area contributed by atoms with Crippen LogP contribution in [0.5, 0.6) is 5.75 Å². The highest BCUT2D eigenvalue weighted by molar-refractivity contribution is 6.37. The van der Waals surface area contributed by atoms with Crippen LogP contribution in [-0.4, -0.2) is 18.9 Å². The molecule has 3 aromatic carbocycles. The Balaban J connectivity index is 1.67. The van der Waals surface area contributed by atoms with Crippen molar-refractivity contribution in [2.24, 2.45) is 0 Å². The zero-order valence-corrected chi connectivity index (χ0v) is 17.3. The molecule has 0 saturated heterocycles. The van der Waals surface area contributed by atoms with E-state index in [9.17, 15) is 9.59 Å². The fourth-order valence-electron chi connectivity index (χ4n) is 2.72. The minimum Gasteiger partial charge on any atom is -0.494 e. The first-order valence-electron chi connectivity index (χ1n) is 8.70. The molecule has 0 aromatic heterocycles. The lowest BCUT2D eigenvalue weighted by atomic mass is 10.1. The van der Waals surface area contributed by atoms with E-state index in [1.165, 1.54) is 19.2 Å². The van der Waals surface area contributed by atoms with Crippen LogP contribution in [0.15, 0.2) is 60.7 Å². The van der Waals surface area contributed by atoms with E-state index >= 15 is 0 Å².